The van der Waals surface area contributed by atoms with E-state index in [0.717, 1.165) is 41.1 Å². The molecule has 3 aromatic rings. The van der Waals surface area contributed by atoms with Crippen molar-refractivity contribution >= 4 is 39.1 Å². The summed E-state index contributed by atoms with van der Waals surface area (Å²) in [5, 5.41) is 3.52. The summed E-state index contributed by atoms with van der Waals surface area (Å²) in [4.78, 5) is 28.7. The van der Waals surface area contributed by atoms with Crippen LogP contribution in [-0.2, 0) is 26.2 Å². The van der Waals surface area contributed by atoms with E-state index in [1.807, 2.05) is 31.2 Å². The maximum atomic E-state index is 14.0. The first kappa shape index (κ1) is 28.6. The van der Waals surface area contributed by atoms with Crippen LogP contribution in [0.4, 0.5) is 5.69 Å². The number of carbonyl (C=O) groups excluding carboxylic acids is 2. The van der Waals surface area contributed by atoms with Gasteiger partial charge in [0.25, 0.3) is 10.0 Å². The summed E-state index contributed by atoms with van der Waals surface area (Å²) in [7, 11) is -4.10. The molecule has 3 aromatic carbocycles. The molecule has 0 bridgehead atoms. The Kier molecular flexibility index (Phi) is 9.30. The molecule has 1 N–H and O–H groups in total. The highest BCUT2D eigenvalue weighted by Gasteiger charge is 2.33. The van der Waals surface area contributed by atoms with E-state index >= 15 is 0 Å². The topological polar surface area (TPSA) is 86.8 Å². The Morgan fingerprint density at radius 2 is 1.64 bits per heavy atom. The summed E-state index contributed by atoms with van der Waals surface area (Å²) in [6.07, 6.45) is 3.98. The molecule has 0 aromatic heterocycles. The molecule has 1 aliphatic rings. The fourth-order valence-corrected chi connectivity index (χ4v) is 6.40. The van der Waals surface area contributed by atoms with Gasteiger partial charge >= 0.3 is 0 Å². The molecule has 1 fully saturated rings. The fourth-order valence-electron chi connectivity index (χ4n) is 4.84. The number of anilines is 1. The van der Waals surface area contributed by atoms with Crippen molar-refractivity contribution in [3.63, 3.8) is 0 Å². The first-order valence-corrected chi connectivity index (χ1v) is 15.0. The lowest BCUT2D eigenvalue weighted by molar-refractivity contribution is -0.139. The van der Waals surface area contributed by atoms with Crippen LogP contribution in [0, 0.1) is 6.92 Å². The highest BCUT2D eigenvalue weighted by atomic mass is 35.5. The predicted molar refractivity (Wildman–Crippen MR) is 154 cm³/mol. The molecule has 0 saturated heterocycles. The highest BCUT2D eigenvalue weighted by molar-refractivity contribution is 7.92. The smallest absolute Gasteiger partial charge is 0.264 e. The fraction of sp³-hybridized carbons (Fsp3) is 0.333. The molecule has 9 heteroatoms. The van der Waals surface area contributed by atoms with Crippen LogP contribution >= 0.6 is 11.6 Å². The molecule has 7 nitrogen and oxygen atoms in total. The van der Waals surface area contributed by atoms with Gasteiger partial charge in [-0.2, -0.15) is 0 Å². The number of aryl methyl sites for hydroxylation is 1. The van der Waals surface area contributed by atoms with Crippen molar-refractivity contribution in [2.24, 2.45) is 0 Å². The maximum absolute atomic E-state index is 14.0. The Balaban J connectivity index is 1.67. The van der Waals surface area contributed by atoms with Gasteiger partial charge in [0.05, 0.1) is 10.6 Å². The summed E-state index contributed by atoms with van der Waals surface area (Å²) in [6, 6.07) is 21.3. The Labute approximate surface area is 235 Å². The van der Waals surface area contributed by atoms with E-state index in [1.165, 1.54) is 17.0 Å². The second-order valence-electron chi connectivity index (χ2n) is 9.98. The van der Waals surface area contributed by atoms with Crippen molar-refractivity contribution in [1.29, 1.82) is 0 Å². The largest absolute Gasteiger partial charge is 0.352 e. The number of rotatable bonds is 10. The number of halogens is 1. The molecule has 206 valence electrons. The lowest BCUT2D eigenvalue weighted by Gasteiger charge is -2.32. The number of hydrogen-bond donors (Lipinski definition) is 1. The maximum Gasteiger partial charge on any atom is 0.264 e. The molecule has 0 aliphatic heterocycles. The first-order chi connectivity index (χ1) is 18.6. The van der Waals surface area contributed by atoms with Crippen molar-refractivity contribution in [3.8, 4) is 0 Å². The van der Waals surface area contributed by atoms with Gasteiger partial charge in [-0.1, -0.05) is 72.5 Å². The molecular weight excluding hydrogens is 534 g/mol. The molecule has 0 spiro atoms. The van der Waals surface area contributed by atoms with Crippen LogP contribution in [0.3, 0.4) is 0 Å². The molecule has 1 atom stereocenters. The first-order valence-electron chi connectivity index (χ1n) is 13.1. The van der Waals surface area contributed by atoms with Gasteiger partial charge in [0, 0.05) is 17.6 Å². The zero-order valence-electron chi connectivity index (χ0n) is 22.2. The lowest BCUT2D eigenvalue weighted by atomic mass is 10.1. The Bertz CT molecular complexity index is 1390. The minimum Gasteiger partial charge on any atom is -0.352 e. The average molecular weight is 568 g/mol. The van der Waals surface area contributed by atoms with E-state index in [9.17, 15) is 18.0 Å². The second-order valence-corrected chi connectivity index (χ2v) is 12.3. The normalized spacial score (nSPS) is 14.5. The highest BCUT2D eigenvalue weighted by Crippen LogP contribution is 2.26. The summed E-state index contributed by atoms with van der Waals surface area (Å²) < 4.78 is 28.6. The van der Waals surface area contributed by atoms with Gasteiger partial charge in [-0.15, -0.1) is 0 Å². The van der Waals surface area contributed by atoms with Crippen LogP contribution in [0.25, 0.3) is 0 Å². The molecule has 0 unspecified atom stereocenters. The standard InChI is InChI=1S/C30H34ClN3O4S/c1-22-9-8-10-24(19-22)20-33(23(2)30(36)32-26-11-6-7-12-26)29(35)21-34(27-17-15-25(31)16-18-27)39(37,38)28-13-4-3-5-14-28/h3-5,8-10,13-19,23,26H,6-7,11-12,20-21H2,1-2H3,(H,32,36)/t23-/m0/s1. The van der Waals surface area contributed by atoms with Crippen molar-refractivity contribution < 1.29 is 18.0 Å². The van der Waals surface area contributed by atoms with Gasteiger partial charge in [-0.3, -0.25) is 13.9 Å². The zero-order chi connectivity index (χ0) is 28.0. The number of carbonyl (C=O) groups is 2. The van der Waals surface area contributed by atoms with Gasteiger partial charge in [0.1, 0.15) is 12.6 Å². The van der Waals surface area contributed by atoms with Crippen LogP contribution in [0.2, 0.25) is 5.02 Å². The van der Waals surface area contributed by atoms with Crippen molar-refractivity contribution in [2.45, 2.75) is 63.1 Å². The molecule has 1 aliphatic carbocycles. The summed E-state index contributed by atoms with van der Waals surface area (Å²) in [5.41, 5.74) is 2.18. The third-order valence-electron chi connectivity index (χ3n) is 7.03. The third kappa shape index (κ3) is 7.19. The van der Waals surface area contributed by atoms with Gasteiger partial charge in [-0.05, 0) is 68.7 Å². The number of amides is 2. The summed E-state index contributed by atoms with van der Waals surface area (Å²) in [5.74, 6) is -0.730. The molecular formula is C30H34ClN3O4S. The van der Waals surface area contributed by atoms with E-state index in [2.05, 4.69) is 5.32 Å². The predicted octanol–water partition coefficient (Wildman–Crippen LogP) is 5.32. The molecule has 0 heterocycles. The zero-order valence-corrected chi connectivity index (χ0v) is 23.8. The summed E-state index contributed by atoms with van der Waals surface area (Å²) in [6.45, 7) is 3.34. The average Bonchev–Trinajstić information content (AvgIpc) is 3.44. The van der Waals surface area contributed by atoms with Crippen LogP contribution < -0.4 is 9.62 Å². The lowest BCUT2D eigenvalue weighted by Crippen LogP contribution is -2.52. The molecule has 2 amide bonds. The number of sulfonamides is 1. The second kappa shape index (κ2) is 12.7. The molecule has 39 heavy (non-hydrogen) atoms. The number of nitrogens with one attached hydrogen (secondary N) is 1. The van der Waals surface area contributed by atoms with Gasteiger partial charge in [0.2, 0.25) is 11.8 Å². The number of benzene rings is 3. The van der Waals surface area contributed by atoms with Crippen LogP contribution in [-0.4, -0.2) is 43.8 Å². The Morgan fingerprint density at radius 3 is 2.28 bits per heavy atom. The number of nitrogens with zero attached hydrogens (tertiary/aromatic N) is 2. The van der Waals surface area contributed by atoms with E-state index in [4.69, 9.17) is 11.6 Å². The van der Waals surface area contributed by atoms with E-state index < -0.39 is 28.5 Å². The van der Waals surface area contributed by atoms with Crippen LogP contribution in [0.5, 0.6) is 0 Å². The molecule has 1 saturated carbocycles. The molecule has 0 radical (unpaired) electrons. The monoisotopic (exact) mass is 567 g/mol. The van der Waals surface area contributed by atoms with E-state index in [-0.39, 0.29) is 23.4 Å². The van der Waals surface area contributed by atoms with Crippen molar-refractivity contribution in [1.82, 2.24) is 10.2 Å². The van der Waals surface area contributed by atoms with Crippen molar-refractivity contribution in [2.75, 3.05) is 10.8 Å². The minimum absolute atomic E-state index is 0.0602. The Hall–Kier alpha value is -3.36. The Morgan fingerprint density at radius 1 is 0.974 bits per heavy atom. The van der Waals surface area contributed by atoms with Gasteiger partial charge in [-0.25, -0.2) is 8.42 Å². The van der Waals surface area contributed by atoms with E-state index in [1.54, 1.807) is 49.4 Å². The van der Waals surface area contributed by atoms with E-state index in [0.29, 0.717) is 10.7 Å². The minimum atomic E-state index is -4.10. The SMILES string of the molecule is Cc1cccc(CN(C(=O)CN(c2ccc(Cl)cc2)S(=O)(=O)c2ccccc2)[C@@H](C)C(=O)NC2CCCC2)c1. The van der Waals surface area contributed by atoms with Gasteiger partial charge < -0.3 is 10.2 Å². The summed E-state index contributed by atoms with van der Waals surface area (Å²) >= 11 is 6.07. The number of hydrogen-bond acceptors (Lipinski definition) is 4. The van der Waals surface area contributed by atoms with Crippen LogP contribution in [0.15, 0.2) is 83.8 Å². The van der Waals surface area contributed by atoms with Crippen molar-refractivity contribution in [3.05, 3.63) is 95.0 Å². The van der Waals surface area contributed by atoms with Crippen LogP contribution in [0.1, 0.15) is 43.7 Å². The third-order valence-corrected chi connectivity index (χ3v) is 9.07. The molecule has 4 rings (SSSR count). The quantitative estimate of drug-likeness (QED) is 0.359. The van der Waals surface area contributed by atoms with Gasteiger partial charge in [0.15, 0.2) is 0 Å².